The summed E-state index contributed by atoms with van der Waals surface area (Å²) in [4.78, 5) is -0.0497. The lowest BCUT2D eigenvalue weighted by molar-refractivity contribution is 0.594. The Bertz CT molecular complexity index is 716. The molecule has 1 N–H and O–H groups in total. The molecular weight excluding hydrogens is 380 g/mol. The van der Waals surface area contributed by atoms with Crippen LogP contribution in [0.2, 0.25) is 0 Å². The van der Waals surface area contributed by atoms with E-state index in [1.165, 1.54) is 12.1 Å². The Morgan fingerprint density at radius 3 is 2.58 bits per heavy atom. The fourth-order valence-electron chi connectivity index (χ4n) is 1.63. The van der Waals surface area contributed by atoms with E-state index in [1.54, 1.807) is 25.1 Å². The van der Waals surface area contributed by atoms with Gasteiger partial charge in [0.25, 0.3) is 10.0 Å². The molecule has 0 saturated carbocycles. The van der Waals surface area contributed by atoms with Gasteiger partial charge in [0.15, 0.2) is 0 Å². The van der Waals surface area contributed by atoms with Gasteiger partial charge in [-0.3, -0.25) is 4.72 Å². The van der Waals surface area contributed by atoms with E-state index < -0.39 is 15.8 Å². The van der Waals surface area contributed by atoms with Gasteiger partial charge in [0.05, 0.1) is 4.90 Å². The summed E-state index contributed by atoms with van der Waals surface area (Å²) in [6.07, 6.45) is 0. The Kier molecular flexibility index (Phi) is 4.10. The average molecular weight is 391 g/mol. The molecule has 0 bridgehead atoms. The Balaban J connectivity index is 2.40. The molecule has 0 spiro atoms. The predicted molar refractivity (Wildman–Crippen MR) is 81.1 cm³/mol. The van der Waals surface area contributed by atoms with Gasteiger partial charge in [-0.25, -0.2) is 12.8 Å². The average Bonchev–Trinajstić information content (AvgIpc) is 2.31. The number of hydrogen-bond acceptors (Lipinski definition) is 2. The van der Waals surface area contributed by atoms with Crippen LogP contribution in [-0.2, 0) is 10.0 Å². The molecule has 0 unspecified atom stereocenters. The summed E-state index contributed by atoms with van der Waals surface area (Å²) in [5, 5.41) is 0. The third-order valence-electron chi connectivity index (χ3n) is 2.52. The van der Waals surface area contributed by atoms with Gasteiger partial charge in [0.2, 0.25) is 0 Å². The van der Waals surface area contributed by atoms with Gasteiger partial charge in [0.1, 0.15) is 5.82 Å². The SMILES string of the molecule is Cc1ccc(F)cc1S(=O)(=O)Nc1cccc(I)c1. The van der Waals surface area contributed by atoms with E-state index in [0.717, 1.165) is 9.64 Å². The summed E-state index contributed by atoms with van der Waals surface area (Å²) in [6.45, 7) is 1.63. The summed E-state index contributed by atoms with van der Waals surface area (Å²) in [5.41, 5.74) is 0.954. The Labute approximate surface area is 125 Å². The van der Waals surface area contributed by atoms with Crippen molar-refractivity contribution in [2.24, 2.45) is 0 Å². The first kappa shape index (κ1) is 14.3. The largest absolute Gasteiger partial charge is 0.280 e. The zero-order valence-corrected chi connectivity index (χ0v) is 13.0. The van der Waals surface area contributed by atoms with E-state index >= 15 is 0 Å². The van der Waals surface area contributed by atoms with E-state index in [-0.39, 0.29) is 4.90 Å². The monoisotopic (exact) mass is 391 g/mol. The number of rotatable bonds is 3. The molecule has 2 aromatic rings. The van der Waals surface area contributed by atoms with Crippen molar-refractivity contribution >= 4 is 38.3 Å². The van der Waals surface area contributed by atoms with Crippen LogP contribution in [0.15, 0.2) is 47.4 Å². The van der Waals surface area contributed by atoms with Crippen LogP contribution in [0.1, 0.15) is 5.56 Å². The van der Waals surface area contributed by atoms with Crippen LogP contribution in [0.5, 0.6) is 0 Å². The zero-order valence-electron chi connectivity index (χ0n) is 10.0. The number of nitrogens with one attached hydrogen (secondary N) is 1. The van der Waals surface area contributed by atoms with E-state index in [4.69, 9.17) is 0 Å². The molecule has 0 fully saturated rings. The van der Waals surface area contributed by atoms with Crippen LogP contribution < -0.4 is 4.72 Å². The molecule has 19 heavy (non-hydrogen) atoms. The summed E-state index contributed by atoms with van der Waals surface area (Å²) in [6, 6.07) is 10.6. The van der Waals surface area contributed by atoms with Crippen molar-refractivity contribution in [3.63, 3.8) is 0 Å². The van der Waals surface area contributed by atoms with Gasteiger partial charge < -0.3 is 0 Å². The standard InChI is InChI=1S/C13H11FINO2S/c1-9-5-6-10(14)7-13(9)19(17,18)16-12-4-2-3-11(15)8-12/h2-8,16H,1H3. The van der Waals surface area contributed by atoms with Crippen molar-refractivity contribution in [3.05, 3.63) is 57.4 Å². The molecule has 0 radical (unpaired) electrons. The lowest BCUT2D eigenvalue weighted by atomic mass is 10.2. The number of sulfonamides is 1. The molecule has 2 rings (SSSR count). The van der Waals surface area contributed by atoms with Gasteiger partial charge in [-0.05, 0) is 65.4 Å². The van der Waals surface area contributed by atoms with Crippen LogP contribution >= 0.6 is 22.6 Å². The summed E-state index contributed by atoms with van der Waals surface area (Å²) in [5.74, 6) is -0.575. The third-order valence-corrected chi connectivity index (χ3v) is 4.71. The molecular formula is C13H11FINO2S. The number of benzene rings is 2. The minimum absolute atomic E-state index is 0.0497. The topological polar surface area (TPSA) is 46.2 Å². The maximum absolute atomic E-state index is 13.2. The van der Waals surface area contributed by atoms with E-state index in [1.807, 2.05) is 6.07 Å². The van der Waals surface area contributed by atoms with Crippen molar-refractivity contribution in [2.75, 3.05) is 4.72 Å². The van der Waals surface area contributed by atoms with Gasteiger partial charge in [0, 0.05) is 9.26 Å². The molecule has 0 saturated heterocycles. The third kappa shape index (κ3) is 3.44. The molecule has 0 aliphatic heterocycles. The van der Waals surface area contributed by atoms with Crippen LogP contribution in [0.3, 0.4) is 0 Å². The summed E-state index contributed by atoms with van der Waals surface area (Å²) in [7, 11) is -3.78. The molecule has 2 aromatic carbocycles. The molecule has 100 valence electrons. The molecule has 0 heterocycles. The lowest BCUT2D eigenvalue weighted by Gasteiger charge is -2.10. The van der Waals surface area contributed by atoms with E-state index in [9.17, 15) is 12.8 Å². The highest BCUT2D eigenvalue weighted by Gasteiger charge is 2.17. The first-order valence-electron chi connectivity index (χ1n) is 5.43. The van der Waals surface area contributed by atoms with Crippen LogP contribution in [0, 0.1) is 16.3 Å². The second-order valence-electron chi connectivity index (χ2n) is 4.03. The van der Waals surface area contributed by atoms with Crippen molar-refractivity contribution in [3.8, 4) is 0 Å². The normalized spacial score (nSPS) is 11.3. The maximum atomic E-state index is 13.2. The van der Waals surface area contributed by atoms with Crippen molar-refractivity contribution in [1.82, 2.24) is 0 Å². The molecule has 0 aromatic heterocycles. The number of halogens is 2. The van der Waals surface area contributed by atoms with Gasteiger partial charge in [-0.2, -0.15) is 0 Å². The minimum atomic E-state index is -3.78. The number of aryl methyl sites for hydroxylation is 1. The van der Waals surface area contributed by atoms with Crippen LogP contribution in [0.25, 0.3) is 0 Å². The van der Waals surface area contributed by atoms with E-state index in [2.05, 4.69) is 27.3 Å². The lowest BCUT2D eigenvalue weighted by Crippen LogP contribution is -2.14. The predicted octanol–water partition coefficient (Wildman–Crippen LogP) is 3.54. The van der Waals surface area contributed by atoms with Crippen molar-refractivity contribution in [1.29, 1.82) is 0 Å². The van der Waals surface area contributed by atoms with E-state index in [0.29, 0.717) is 11.3 Å². The number of anilines is 1. The highest BCUT2D eigenvalue weighted by Crippen LogP contribution is 2.21. The molecule has 3 nitrogen and oxygen atoms in total. The van der Waals surface area contributed by atoms with Crippen molar-refractivity contribution in [2.45, 2.75) is 11.8 Å². The highest BCUT2D eigenvalue weighted by atomic mass is 127. The number of hydrogen-bond donors (Lipinski definition) is 1. The molecule has 0 aliphatic rings. The fraction of sp³-hybridized carbons (Fsp3) is 0.0769. The first-order chi connectivity index (χ1) is 8.88. The quantitative estimate of drug-likeness (QED) is 0.814. The maximum Gasteiger partial charge on any atom is 0.262 e. The summed E-state index contributed by atoms with van der Waals surface area (Å²) < 4.78 is 41.0. The second-order valence-corrected chi connectivity index (χ2v) is 6.92. The minimum Gasteiger partial charge on any atom is -0.280 e. The zero-order chi connectivity index (χ0) is 14.0. The highest BCUT2D eigenvalue weighted by molar-refractivity contribution is 14.1. The molecule has 0 aliphatic carbocycles. The van der Waals surface area contributed by atoms with Gasteiger partial charge >= 0.3 is 0 Å². The molecule has 0 amide bonds. The second kappa shape index (κ2) is 5.46. The van der Waals surface area contributed by atoms with Gasteiger partial charge in [-0.1, -0.05) is 12.1 Å². The van der Waals surface area contributed by atoms with Crippen LogP contribution in [0.4, 0.5) is 10.1 Å². The Hall–Kier alpha value is -1.15. The summed E-state index contributed by atoms with van der Waals surface area (Å²) >= 11 is 2.09. The Morgan fingerprint density at radius 2 is 1.89 bits per heavy atom. The van der Waals surface area contributed by atoms with Crippen LogP contribution in [-0.4, -0.2) is 8.42 Å². The molecule has 0 atom stereocenters. The Morgan fingerprint density at radius 1 is 1.16 bits per heavy atom. The van der Waals surface area contributed by atoms with Gasteiger partial charge in [-0.15, -0.1) is 0 Å². The smallest absolute Gasteiger partial charge is 0.262 e. The molecule has 6 heteroatoms. The first-order valence-corrected chi connectivity index (χ1v) is 7.99. The fourth-order valence-corrected chi connectivity index (χ4v) is 3.48. The van der Waals surface area contributed by atoms with Crippen molar-refractivity contribution < 1.29 is 12.8 Å².